The Balaban J connectivity index is 3.32. The molecule has 0 spiro atoms. The lowest BCUT2D eigenvalue weighted by Gasteiger charge is -2.03. The van der Waals surface area contributed by atoms with Crippen molar-refractivity contribution in [3.05, 3.63) is 33.5 Å². The number of carbonyl (C=O) groups is 1. The van der Waals surface area contributed by atoms with Gasteiger partial charge >= 0.3 is 5.97 Å². The zero-order valence-corrected chi connectivity index (χ0v) is 7.51. The predicted octanol–water partition coefficient (Wildman–Crippen LogP) is 1.24. The van der Waals surface area contributed by atoms with Crippen molar-refractivity contribution in [3.63, 3.8) is 0 Å². The van der Waals surface area contributed by atoms with Gasteiger partial charge in [0.25, 0.3) is 12.0 Å². The summed E-state index contributed by atoms with van der Waals surface area (Å²) in [4.78, 5) is 23.6. The topological polar surface area (TPSA) is 59.2 Å². The first-order valence-electron chi connectivity index (χ1n) is 3.76. The summed E-state index contributed by atoms with van der Waals surface area (Å²) in [5, 5.41) is 0. The molecule has 1 rings (SSSR count). The van der Waals surface area contributed by atoms with E-state index in [1.54, 1.807) is 4.98 Å². The highest BCUT2D eigenvalue weighted by Crippen LogP contribution is 2.18. The van der Waals surface area contributed by atoms with Crippen LogP contribution in [-0.2, 0) is 4.74 Å². The Bertz CT molecular complexity index is 441. The SMILES string of the molecule is COC(=O)c1cc(F)c(C(F)F)c(=O)[nH]1. The minimum atomic E-state index is -3.24. The van der Waals surface area contributed by atoms with Crippen molar-refractivity contribution in [2.45, 2.75) is 6.43 Å². The van der Waals surface area contributed by atoms with E-state index in [0.717, 1.165) is 7.11 Å². The third-order valence-corrected chi connectivity index (χ3v) is 1.64. The van der Waals surface area contributed by atoms with Crippen LogP contribution in [0.4, 0.5) is 13.2 Å². The Morgan fingerprint density at radius 3 is 2.53 bits per heavy atom. The maximum absolute atomic E-state index is 13.0. The van der Waals surface area contributed by atoms with E-state index in [4.69, 9.17) is 0 Å². The lowest BCUT2D eigenvalue weighted by atomic mass is 10.2. The normalized spacial score (nSPS) is 10.5. The molecule has 0 radical (unpaired) electrons. The first-order valence-corrected chi connectivity index (χ1v) is 3.76. The van der Waals surface area contributed by atoms with Gasteiger partial charge in [-0.2, -0.15) is 0 Å². The molecule has 7 heteroatoms. The van der Waals surface area contributed by atoms with Crippen molar-refractivity contribution in [1.82, 2.24) is 4.98 Å². The van der Waals surface area contributed by atoms with Crippen molar-refractivity contribution in [2.75, 3.05) is 7.11 Å². The Hall–Kier alpha value is -1.79. The summed E-state index contributed by atoms with van der Waals surface area (Å²) in [6.07, 6.45) is -3.24. The fraction of sp³-hybridized carbons (Fsp3) is 0.250. The summed E-state index contributed by atoms with van der Waals surface area (Å²) in [6.45, 7) is 0. The molecule has 0 unspecified atom stereocenters. The number of alkyl halides is 2. The second-order valence-corrected chi connectivity index (χ2v) is 2.57. The minimum Gasteiger partial charge on any atom is -0.464 e. The number of hydrogen-bond acceptors (Lipinski definition) is 3. The van der Waals surface area contributed by atoms with Crippen LogP contribution >= 0.6 is 0 Å². The van der Waals surface area contributed by atoms with Gasteiger partial charge < -0.3 is 9.72 Å². The van der Waals surface area contributed by atoms with Crippen molar-refractivity contribution in [1.29, 1.82) is 0 Å². The van der Waals surface area contributed by atoms with Gasteiger partial charge in [-0.05, 0) is 0 Å². The zero-order valence-electron chi connectivity index (χ0n) is 7.51. The molecule has 1 aromatic rings. The van der Waals surface area contributed by atoms with Crippen LogP contribution in [0, 0.1) is 5.82 Å². The number of aromatic nitrogens is 1. The van der Waals surface area contributed by atoms with Crippen LogP contribution in [0.15, 0.2) is 10.9 Å². The van der Waals surface area contributed by atoms with Crippen molar-refractivity contribution in [2.24, 2.45) is 0 Å². The average Bonchev–Trinajstić information content (AvgIpc) is 2.14. The molecule has 0 aromatic carbocycles. The lowest BCUT2D eigenvalue weighted by Crippen LogP contribution is -2.20. The molecule has 0 amide bonds. The number of hydrogen-bond donors (Lipinski definition) is 1. The molecular weight excluding hydrogens is 215 g/mol. The lowest BCUT2D eigenvalue weighted by molar-refractivity contribution is 0.0592. The van der Waals surface area contributed by atoms with E-state index in [-0.39, 0.29) is 0 Å². The summed E-state index contributed by atoms with van der Waals surface area (Å²) < 4.78 is 41.4. The number of H-pyrrole nitrogens is 1. The van der Waals surface area contributed by atoms with Crippen molar-refractivity contribution in [3.8, 4) is 0 Å². The van der Waals surface area contributed by atoms with Gasteiger partial charge in [-0.15, -0.1) is 0 Å². The van der Waals surface area contributed by atoms with Gasteiger partial charge in [-0.3, -0.25) is 4.79 Å². The summed E-state index contributed by atoms with van der Waals surface area (Å²) >= 11 is 0. The van der Waals surface area contributed by atoms with Crippen LogP contribution < -0.4 is 5.56 Å². The van der Waals surface area contributed by atoms with Gasteiger partial charge in [0, 0.05) is 6.07 Å². The number of halogens is 3. The summed E-state index contributed by atoms with van der Waals surface area (Å²) in [6, 6.07) is 0.495. The third-order valence-electron chi connectivity index (χ3n) is 1.64. The second kappa shape index (κ2) is 4.16. The molecule has 0 saturated heterocycles. The molecule has 0 saturated carbocycles. The number of rotatable bonds is 2. The molecule has 1 heterocycles. The standard InChI is InChI=1S/C8H6F3NO3/c1-15-8(14)4-2-3(9)5(6(10)11)7(13)12-4/h2,6H,1H3,(H,12,13). The quantitative estimate of drug-likeness (QED) is 0.764. The molecule has 0 aliphatic heterocycles. The molecule has 0 bridgehead atoms. The minimum absolute atomic E-state index is 0.495. The van der Waals surface area contributed by atoms with Crippen molar-refractivity contribution < 1.29 is 22.7 Å². The maximum atomic E-state index is 13.0. The zero-order chi connectivity index (χ0) is 11.6. The first kappa shape index (κ1) is 11.3. The van der Waals surface area contributed by atoms with E-state index >= 15 is 0 Å². The van der Waals surface area contributed by atoms with Crippen LogP contribution in [0.3, 0.4) is 0 Å². The summed E-state index contributed by atoms with van der Waals surface area (Å²) in [5.41, 5.74) is -3.14. The third kappa shape index (κ3) is 2.17. The van der Waals surface area contributed by atoms with E-state index in [2.05, 4.69) is 4.74 Å². The summed E-state index contributed by atoms with van der Waals surface area (Å²) in [7, 11) is 1.01. The van der Waals surface area contributed by atoms with E-state index in [9.17, 15) is 22.8 Å². The van der Waals surface area contributed by atoms with E-state index < -0.39 is 35.0 Å². The monoisotopic (exact) mass is 221 g/mol. The molecule has 15 heavy (non-hydrogen) atoms. The fourth-order valence-corrected chi connectivity index (χ4v) is 0.962. The molecule has 82 valence electrons. The summed E-state index contributed by atoms with van der Waals surface area (Å²) in [5.74, 6) is -2.44. The van der Waals surface area contributed by atoms with Crippen LogP contribution in [-0.4, -0.2) is 18.1 Å². The van der Waals surface area contributed by atoms with Crippen LogP contribution in [0.1, 0.15) is 22.5 Å². The number of esters is 1. The largest absolute Gasteiger partial charge is 0.464 e. The molecule has 0 fully saturated rings. The van der Waals surface area contributed by atoms with E-state index in [1.807, 2.05) is 0 Å². The van der Waals surface area contributed by atoms with Crippen LogP contribution in [0.2, 0.25) is 0 Å². The fourth-order valence-electron chi connectivity index (χ4n) is 0.962. The molecule has 4 nitrogen and oxygen atoms in total. The van der Waals surface area contributed by atoms with Gasteiger partial charge in [-0.1, -0.05) is 0 Å². The molecule has 0 aliphatic rings. The van der Waals surface area contributed by atoms with Gasteiger partial charge in [0.2, 0.25) is 0 Å². The number of ether oxygens (including phenoxy) is 1. The Morgan fingerprint density at radius 2 is 2.13 bits per heavy atom. The van der Waals surface area contributed by atoms with E-state index in [0.29, 0.717) is 6.07 Å². The Kier molecular flexibility index (Phi) is 3.13. The van der Waals surface area contributed by atoms with Gasteiger partial charge in [-0.25, -0.2) is 18.0 Å². The number of nitrogens with one attached hydrogen (secondary N) is 1. The predicted molar refractivity (Wildman–Crippen MR) is 43.3 cm³/mol. The first-order chi connectivity index (χ1) is 6.97. The smallest absolute Gasteiger partial charge is 0.354 e. The van der Waals surface area contributed by atoms with Crippen LogP contribution in [0.5, 0.6) is 0 Å². The number of methoxy groups -OCH3 is 1. The number of aromatic amines is 1. The van der Waals surface area contributed by atoms with Crippen LogP contribution in [0.25, 0.3) is 0 Å². The average molecular weight is 221 g/mol. The maximum Gasteiger partial charge on any atom is 0.354 e. The number of carbonyl (C=O) groups excluding carboxylic acids is 1. The highest BCUT2D eigenvalue weighted by molar-refractivity contribution is 5.87. The highest BCUT2D eigenvalue weighted by atomic mass is 19.3. The van der Waals surface area contributed by atoms with Crippen molar-refractivity contribution >= 4 is 5.97 Å². The second-order valence-electron chi connectivity index (χ2n) is 2.57. The van der Waals surface area contributed by atoms with E-state index in [1.165, 1.54) is 0 Å². The van der Waals surface area contributed by atoms with Gasteiger partial charge in [0.15, 0.2) is 0 Å². The molecule has 1 aromatic heterocycles. The molecule has 0 atom stereocenters. The molecule has 0 aliphatic carbocycles. The highest BCUT2D eigenvalue weighted by Gasteiger charge is 2.20. The van der Waals surface area contributed by atoms with Gasteiger partial charge in [0.1, 0.15) is 17.1 Å². The Morgan fingerprint density at radius 1 is 1.53 bits per heavy atom. The molecular formula is C8H6F3NO3. The Labute approximate surface area is 81.7 Å². The van der Waals surface area contributed by atoms with Gasteiger partial charge in [0.05, 0.1) is 7.11 Å². The number of pyridine rings is 1. The molecule has 1 N–H and O–H groups in total.